The van der Waals surface area contributed by atoms with E-state index < -0.39 is 15.9 Å². The van der Waals surface area contributed by atoms with E-state index in [9.17, 15) is 13.5 Å². The van der Waals surface area contributed by atoms with Crippen LogP contribution in [0.25, 0.3) is 10.1 Å². The number of guanidine groups is 1. The first-order chi connectivity index (χ1) is 14.4. The number of hydrogen-bond acceptors (Lipinski definition) is 5. The van der Waals surface area contributed by atoms with Crippen molar-refractivity contribution in [2.75, 3.05) is 19.3 Å². The molecule has 6 nitrogen and oxygen atoms in total. The Morgan fingerprint density at radius 2 is 1.83 bits per heavy atom. The van der Waals surface area contributed by atoms with E-state index in [1.54, 1.807) is 48.7 Å². The Morgan fingerprint density at radius 1 is 1.13 bits per heavy atom. The molecule has 0 amide bonds. The molecule has 1 aromatic heterocycles. The molecule has 0 bridgehead atoms. The van der Waals surface area contributed by atoms with Crippen molar-refractivity contribution in [1.82, 2.24) is 10.6 Å². The molecule has 0 saturated heterocycles. The Hall–Kier alpha value is -2.42. The van der Waals surface area contributed by atoms with E-state index in [4.69, 9.17) is 0 Å². The summed E-state index contributed by atoms with van der Waals surface area (Å²) in [5.74, 6) is 0.429. The quantitative estimate of drug-likeness (QED) is 0.365. The number of nitrogens with one attached hydrogen (secondary N) is 2. The van der Waals surface area contributed by atoms with Crippen molar-refractivity contribution in [3.63, 3.8) is 0 Å². The van der Waals surface area contributed by atoms with E-state index in [0.29, 0.717) is 17.3 Å². The van der Waals surface area contributed by atoms with Crippen LogP contribution in [0.4, 0.5) is 0 Å². The summed E-state index contributed by atoms with van der Waals surface area (Å²) >= 11 is 1.56. The zero-order chi connectivity index (χ0) is 21.6. The second kappa shape index (κ2) is 10.1. The minimum absolute atomic E-state index is 0.0346. The molecule has 30 heavy (non-hydrogen) atoms. The molecular formula is C22H27N3O3S2. The highest BCUT2D eigenvalue weighted by molar-refractivity contribution is 7.91. The molecule has 1 heterocycles. The molecule has 8 heteroatoms. The van der Waals surface area contributed by atoms with E-state index in [0.717, 1.165) is 15.0 Å². The average Bonchev–Trinajstić information content (AvgIpc) is 3.20. The van der Waals surface area contributed by atoms with Crippen molar-refractivity contribution in [2.45, 2.75) is 30.4 Å². The van der Waals surface area contributed by atoms with Gasteiger partial charge in [-0.2, -0.15) is 0 Å². The smallest absolute Gasteiger partial charge is 0.191 e. The fourth-order valence-electron chi connectivity index (χ4n) is 3.10. The van der Waals surface area contributed by atoms with Crippen molar-refractivity contribution in [3.05, 3.63) is 65.5 Å². The highest BCUT2D eigenvalue weighted by Crippen LogP contribution is 2.29. The molecule has 0 radical (unpaired) electrons. The van der Waals surface area contributed by atoms with Gasteiger partial charge in [0.1, 0.15) is 6.10 Å². The van der Waals surface area contributed by atoms with E-state index in [-0.39, 0.29) is 18.3 Å². The van der Waals surface area contributed by atoms with Gasteiger partial charge in [0.05, 0.1) is 10.6 Å². The molecule has 0 saturated carbocycles. The summed E-state index contributed by atoms with van der Waals surface area (Å²) in [5, 5.41) is 17.9. The number of fused-ring (bicyclic) bond motifs is 1. The van der Waals surface area contributed by atoms with Crippen LogP contribution in [0.1, 0.15) is 24.3 Å². The minimum Gasteiger partial charge on any atom is -0.386 e. The lowest BCUT2D eigenvalue weighted by Crippen LogP contribution is -2.46. The van der Waals surface area contributed by atoms with Crippen LogP contribution in [0.5, 0.6) is 0 Å². The summed E-state index contributed by atoms with van der Waals surface area (Å²) in [5.41, 5.74) is 0. The van der Waals surface area contributed by atoms with Gasteiger partial charge in [-0.15, -0.1) is 11.3 Å². The van der Waals surface area contributed by atoms with Crippen LogP contribution >= 0.6 is 11.3 Å². The summed E-state index contributed by atoms with van der Waals surface area (Å²) < 4.78 is 26.5. The Morgan fingerprint density at radius 3 is 2.50 bits per heavy atom. The number of benzene rings is 2. The standard InChI is InChI=1S/C22H27N3O3S2/c1-3-17(15-30(27,28)18-10-5-4-6-11-18)25-22(23-2)24-14-19(26)21-13-16-9-7-8-12-20(16)29-21/h4-13,17,19,26H,3,14-15H2,1-2H3,(H2,23,24,25). The molecule has 0 aliphatic rings. The van der Waals surface area contributed by atoms with Gasteiger partial charge in [-0.25, -0.2) is 8.42 Å². The maximum absolute atomic E-state index is 12.7. The predicted molar refractivity (Wildman–Crippen MR) is 124 cm³/mol. The van der Waals surface area contributed by atoms with Crippen LogP contribution in [0.2, 0.25) is 0 Å². The Balaban J connectivity index is 1.59. The molecule has 0 spiro atoms. The van der Waals surface area contributed by atoms with Gasteiger partial charge in [-0.1, -0.05) is 43.3 Å². The van der Waals surface area contributed by atoms with Crippen molar-refractivity contribution < 1.29 is 13.5 Å². The van der Waals surface area contributed by atoms with E-state index >= 15 is 0 Å². The Kier molecular flexibility index (Phi) is 7.47. The fraction of sp³-hybridized carbons (Fsp3) is 0.318. The van der Waals surface area contributed by atoms with Crippen LogP contribution in [-0.2, 0) is 9.84 Å². The van der Waals surface area contributed by atoms with Gasteiger partial charge in [-0.3, -0.25) is 4.99 Å². The van der Waals surface area contributed by atoms with Gasteiger partial charge in [0.25, 0.3) is 0 Å². The first-order valence-electron chi connectivity index (χ1n) is 9.84. The highest BCUT2D eigenvalue weighted by atomic mass is 32.2. The number of sulfone groups is 1. The summed E-state index contributed by atoms with van der Waals surface area (Å²) in [6.07, 6.45) is -0.0693. The Bertz CT molecular complexity index is 1060. The second-order valence-electron chi connectivity index (χ2n) is 7.00. The van der Waals surface area contributed by atoms with E-state index in [2.05, 4.69) is 15.6 Å². The predicted octanol–water partition coefficient (Wildman–Crippen LogP) is 3.35. The molecular weight excluding hydrogens is 418 g/mol. The summed E-state index contributed by atoms with van der Waals surface area (Å²) in [6, 6.07) is 18.1. The fourth-order valence-corrected chi connectivity index (χ4v) is 5.76. The first kappa shape index (κ1) is 22.3. The summed E-state index contributed by atoms with van der Waals surface area (Å²) in [4.78, 5) is 5.37. The van der Waals surface area contributed by atoms with E-state index in [1.807, 2.05) is 37.3 Å². The normalized spacial score (nSPS) is 14.4. The van der Waals surface area contributed by atoms with Gasteiger partial charge in [0.2, 0.25) is 0 Å². The second-order valence-corrected chi connectivity index (χ2v) is 10.1. The van der Waals surface area contributed by atoms with Crippen LogP contribution in [-0.4, -0.2) is 44.9 Å². The van der Waals surface area contributed by atoms with Crippen LogP contribution < -0.4 is 10.6 Å². The molecule has 0 aliphatic heterocycles. The number of aliphatic hydroxyl groups is 1. The highest BCUT2D eigenvalue weighted by Gasteiger charge is 2.21. The van der Waals surface area contributed by atoms with Crippen LogP contribution in [0.3, 0.4) is 0 Å². The molecule has 2 aromatic carbocycles. The van der Waals surface area contributed by atoms with Gasteiger partial charge >= 0.3 is 0 Å². The molecule has 3 N–H and O–H groups in total. The first-order valence-corrected chi connectivity index (χ1v) is 12.3. The molecule has 3 aromatic rings. The summed E-state index contributed by atoms with van der Waals surface area (Å²) in [6.45, 7) is 2.20. The van der Waals surface area contributed by atoms with Gasteiger partial charge < -0.3 is 15.7 Å². The minimum atomic E-state index is -3.41. The number of thiophene rings is 1. The SMILES string of the molecule is CCC(CS(=O)(=O)c1ccccc1)NC(=NC)NCC(O)c1cc2ccccc2s1. The average molecular weight is 446 g/mol. The number of rotatable bonds is 8. The maximum atomic E-state index is 12.7. The zero-order valence-corrected chi connectivity index (χ0v) is 18.7. The lowest BCUT2D eigenvalue weighted by molar-refractivity contribution is 0.184. The Labute approximate surface area is 181 Å². The van der Waals surface area contributed by atoms with E-state index in [1.165, 1.54) is 0 Å². The molecule has 3 rings (SSSR count). The largest absolute Gasteiger partial charge is 0.386 e. The molecule has 2 atom stereocenters. The third-order valence-corrected chi connectivity index (χ3v) is 7.86. The van der Waals surface area contributed by atoms with Crippen molar-refractivity contribution in [2.24, 2.45) is 4.99 Å². The third kappa shape index (κ3) is 5.59. The monoisotopic (exact) mass is 445 g/mol. The number of aliphatic imine (C=N–C) groups is 1. The van der Waals surface area contributed by atoms with Crippen LogP contribution in [0.15, 0.2) is 70.6 Å². The van der Waals surface area contributed by atoms with Gasteiger partial charge in [0.15, 0.2) is 15.8 Å². The van der Waals surface area contributed by atoms with Crippen molar-refractivity contribution in [3.8, 4) is 0 Å². The number of hydrogen-bond donors (Lipinski definition) is 3. The summed E-state index contributed by atoms with van der Waals surface area (Å²) in [7, 11) is -1.78. The number of aliphatic hydroxyl groups excluding tert-OH is 1. The van der Waals surface area contributed by atoms with Crippen molar-refractivity contribution in [1.29, 1.82) is 0 Å². The topological polar surface area (TPSA) is 90.8 Å². The van der Waals surface area contributed by atoms with Gasteiger partial charge in [0, 0.05) is 29.2 Å². The molecule has 0 aliphatic carbocycles. The molecule has 0 fully saturated rings. The van der Waals surface area contributed by atoms with Crippen molar-refractivity contribution >= 4 is 37.2 Å². The van der Waals surface area contributed by atoms with Gasteiger partial charge in [-0.05, 0) is 36.1 Å². The van der Waals surface area contributed by atoms with Crippen LogP contribution in [0, 0.1) is 0 Å². The lowest BCUT2D eigenvalue weighted by atomic mass is 10.2. The third-order valence-electron chi connectivity index (χ3n) is 4.82. The lowest BCUT2D eigenvalue weighted by Gasteiger charge is -2.21. The molecule has 2 unspecified atom stereocenters. The maximum Gasteiger partial charge on any atom is 0.191 e. The molecule has 160 valence electrons. The zero-order valence-electron chi connectivity index (χ0n) is 17.1. The number of nitrogens with zero attached hydrogens (tertiary/aromatic N) is 1.